The van der Waals surface area contributed by atoms with E-state index in [1.54, 1.807) is 24.3 Å². The van der Waals surface area contributed by atoms with Gasteiger partial charge in [0.15, 0.2) is 0 Å². The Morgan fingerprint density at radius 3 is 2.70 bits per heavy atom. The Hall–Kier alpha value is -1.69. The van der Waals surface area contributed by atoms with Crippen molar-refractivity contribution in [1.82, 2.24) is 5.32 Å². The first-order valence-corrected chi connectivity index (χ1v) is 7.58. The summed E-state index contributed by atoms with van der Waals surface area (Å²) >= 11 is 1.53. The maximum Gasteiger partial charge on any atom is 0.330 e. The molecule has 1 aliphatic rings. The summed E-state index contributed by atoms with van der Waals surface area (Å²) in [5, 5.41) is 21.5. The van der Waals surface area contributed by atoms with Gasteiger partial charge in [-0.1, -0.05) is 18.2 Å². The van der Waals surface area contributed by atoms with Gasteiger partial charge in [0.2, 0.25) is 5.91 Å². The van der Waals surface area contributed by atoms with Crippen LogP contribution >= 0.6 is 11.8 Å². The van der Waals surface area contributed by atoms with Gasteiger partial charge in [-0.3, -0.25) is 4.79 Å². The third-order valence-electron chi connectivity index (χ3n) is 3.42. The molecule has 6 heteroatoms. The second-order valence-corrected chi connectivity index (χ2v) is 5.97. The number of aliphatic carboxylic acids is 1. The third kappa shape index (κ3) is 3.25. The zero-order chi connectivity index (χ0) is 14.6. The van der Waals surface area contributed by atoms with Crippen LogP contribution in [0.3, 0.4) is 0 Å². The van der Waals surface area contributed by atoms with E-state index in [0.717, 1.165) is 5.75 Å². The lowest BCUT2D eigenvalue weighted by molar-refractivity contribution is -0.146. The SMILES string of the molecule is O=C(CCc1ccccc1O)NC1(C(=O)O)CCSC1. The number of carboxylic acid groups (broad SMARTS) is 1. The number of benzene rings is 1. The number of rotatable bonds is 5. The average Bonchev–Trinajstić information content (AvgIpc) is 2.88. The summed E-state index contributed by atoms with van der Waals surface area (Å²) in [6.45, 7) is 0. The van der Waals surface area contributed by atoms with Crippen LogP contribution in [0.25, 0.3) is 0 Å². The van der Waals surface area contributed by atoms with Gasteiger partial charge in [-0.25, -0.2) is 4.79 Å². The lowest BCUT2D eigenvalue weighted by Crippen LogP contribution is -2.54. The third-order valence-corrected chi connectivity index (χ3v) is 4.61. The molecule has 1 aliphatic heterocycles. The molecule has 1 atom stereocenters. The quantitative estimate of drug-likeness (QED) is 0.764. The van der Waals surface area contributed by atoms with E-state index >= 15 is 0 Å². The second-order valence-electron chi connectivity index (χ2n) is 4.87. The molecule has 1 aromatic rings. The maximum absolute atomic E-state index is 11.9. The maximum atomic E-state index is 11.9. The molecule has 3 N–H and O–H groups in total. The van der Waals surface area contributed by atoms with E-state index in [1.165, 1.54) is 11.8 Å². The Kier molecular flexibility index (Phi) is 4.54. The monoisotopic (exact) mass is 295 g/mol. The minimum atomic E-state index is -1.12. The van der Waals surface area contributed by atoms with Gasteiger partial charge in [-0.05, 0) is 30.2 Å². The van der Waals surface area contributed by atoms with Gasteiger partial charge in [0.25, 0.3) is 0 Å². The standard InChI is InChI=1S/C14H17NO4S/c16-11-4-2-1-3-10(11)5-6-12(17)15-14(13(18)19)7-8-20-9-14/h1-4,16H,5-9H2,(H,15,17)(H,18,19). The number of aryl methyl sites for hydroxylation is 1. The van der Waals surface area contributed by atoms with Gasteiger partial charge in [-0.15, -0.1) is 0 Å². The Bertz CT molecular complexity index is 512. The molecule has 1 fully saturated rings. The fourth-order valence-corrected chi connectivity index (χ4v) is 3.51. The van der Waals surface area contributed by atoms with E-state index in [-0.39, 0.29) is 18.1 Å². The van der Waals surface area contributed by atoms with Gasteiger partial charge in [0.05, 0.1) is 0 Å². The smallest absolute Gasteiger partial charge is 0.330 e. The molecule has 2 rings (SSSR count). The number of hydrogen-bond donors (Lipinski definition) is 3. The summed E-state index contributed by atoms with van der Waals surface area (Å²) in [5.41, 5.74) is -0.437. The number of phenolic OH excluding ortho intramolecular Hbond substituents is 1. The number of para-hydroxylation sites is 1. The van der Waals surface area contributed by atoms with E-state index < -0.39 is 11.5 Å². The molecule has 0 bridgehead atoms. The molecular formula is C14H17NO4S. The van der Waals surface area contributed by atoms with Crippen LogP contribution in [-0.2, 0) is 16.0 Å². The summed E-state index contributed by atoms with van der Waals surface area (Å²) in [5.74, 6) is 0.0395. The number of carboxylic acids is 1. The van der Waals surface area contributed by atoms with Crippen LogP contribution in [0, 0.1) is 0 Å². The van der Waals surface area contributed by atoms with Crippen molar-refractivity contribution in [3.8, 4) is 5.75 Å². The Morgan fingerprint density at radius 1 is 1.35 bits per heavy atom. The molecule has 108 valence electrons. The molecule has 1 amide bonds. The van der Waals surface area contributed by atoms with E-state index in [9.17, 15) is 19.8 Å². The van der Waals surface area contributed by atoms with Crippen molar-refractivity contribution in [2.24, 2.45) is 0 Å². The topological polar surface area (TPSA) is 86.6 Å². The van der Waals surface area contributed by atoms with Crippen molar-refractivity contribution in [2.75, 3.05) is 11.5 Å². The van der Waals surface area contributed by atoms with Crippen LogP contribution in [0.5, 0.6) is 5.75 Å². The first-order valence-electron chi connectivity index (χ1n) is 6.42. The minimum absolute atomic E-state index is 0.157. The lowest BCUT2D eigenvalue weighted by atomic mass is 9.98. The summed E-state index contributed by atoms with van der Waals surface area (Å²) in [6, 6.07) is 6.83. The van der Waals surface area contributed by atoms with Crippen LogP contribution < -0.4 is 5.32 Å². The van der Waals surface area contributed by atoms with Crippen molar-refractivity contribution >= 4 is 23.6 Å². The van der Waals surface area contributed by atoms with Crippen LogP contribution in [0.2, 0.25) is 0 Å². The van der Waals surface area contributed by atoms with E-state index in [0.29, 0.717) is 24.2 Å². The predicted octanol–water partition coefficient (Wildman–Crippen LogP) is 1.40. The van der Waals surface area contributed by atoms with E-state index in [1.807, 2.05) is 0 Å². The number of thioether (sulfide) groups is 1. The summed E-state index contributed by atoms with van der Waals surface area (Å²) < 4.78 is 0. The second kappa shape index (κ2) is 6.17. The van der Waals surface area contributed by atoms with Crippen LogP contribution in [0.4, 0.5) is 0 Å². The Balaban J connectivity index is 1.92. The van der Waals surface area contributed by atoms with Crippen molar-refractivity contribution in [3.63, 3.8) is 0 Å². The highest BCUT2D eigenvalue weighted by molar-refractivity contribution is 7.99. The molecule has 0 radical (unpaired) electrons. The van der Waals surface area contributed by atoms with Crippen molar-refractivity contribution in [2.45, 2.75) is 24.8 Å². The number of carbonyl (C=O) groups is 2. The molecule has 1 heterocycles. The zero-order valence-corrected chi connectivity index (χ0v) is 11.8. The van der Waals surface area contributed by atoms with Gasteiger partial charge in [0, 0.05) is 12.2 Å². The summed E-state index contributed by atoms with van der Waals surface area (Å²) in [6.07, 6.45) is 1.01. The first-order chi connectivity index (χ1) is 9.53. The largest absolute Gasteiger partial charge is 0.508 e. The highest BCUT2D eigenvalue weighted by atomic mass is 32.2. The molecule has 1 unspecified atom stereocenters. The summed E-state index contributed by atoms with van der Waals surface area (Å²) in [7, 11) is 0. The van der Waals surface area contributed by atoms with Gasteiger partial charge in [-0.2, -0.15) is 11.8 Å². The minimum Gasteiger partial charge on any atom is -0.508 e. The number of aromatic hydroxyl groups is 1. The van der Waals surface area contributed by atoms with E-state index in [2.05, 4.69) is 5.32 Å². The van der Waals surface area contributed by atoms with Crippen molar-refractivity contribution < 1.29 is 19.8 Å². The molecule has 0 aromatic heterocycles. The number of hydrogen-bond acceptors (Lipinski definition) is 4. The van der Waals surface area contributed by atoms with Crippen LogP contribution in [0.15, 0.2) is 24.3 Å². The molecule has 0 saturated carbocycles. The highest BCUT2D eigenvalue weighted by Gasteiger charge is 2.43. The predicted molar refractivity (Wildman–Crippen MR) is 76.9 cm³/mol. The normalized spacial score (nSPS) is 21.6. The molecule has 0 aliphatic carbocycles. The zero-order valence-electron chi connectivity index (χ0n) is 11.0. The number of carbonyl (C=O) groups excluding carboxylic acids is 1. The van der Waals surface area contributed by atoms with Crippen molar-refractivity contribution in [1.29, 1.82) is 0 Å². The molecular weight excluding hydrogens is 278 g/mol. The first kappa shape index (κ1) is 14.7. The summed E-state index contributed by atoms with van der Waals surface area (Å²) in [4.78, 5) is 23.2. The van der Waals surface area contributed by atoms with Gasteiger partial charge < -0.3 is 15.5 Å². The molecule has 1 aromatic carbocycles. The van der Waals surface area contributed by atoms with Gasteiger partial charge >= 0.3 is 5.97 Å². The molecule has 5 nitrogen and oxygen atoms in total. The van der Waals surface area contributed by atoms with E-state index in [4.69, 9.17) is 0 Å². The average molecular weight is 295 g/mol. The number of phenols is 1. The van der Waals surface area contributed by atoms with Crippen LogP contribution in [0.1, 0.15) is 18.4 Å². The number of amides is 1. The molecule has 20 heavy (non-hydrogen) atoms. The number of nitrogens with one attached hydrogen (secondary N) is 1. The Labute approximate surface area is 121 Å². The Morgan fingerprint density at radius 2 is 2.10 bits per heavy atom. The molecule has 0 spiro atoms. The fraction of sp³-hybridized carbons (Fsp3) is 0.429. The fourth-order valence-electron chi connectivity index (χ4n) is 2.19. The van der Waals surface area contributed by atoms with Crippen molar-refractivity contribution in [3.05, 3.63) is 29.8 Å². The highest BCUT2D eigenvalue weighted by Crippen LogP contribution is 2.28. The molecule has 1 saturated heterocycles. The van der Waals surface area contributed by atoms with Crippen LogP contribution in [-0.4, -0.2) is 39.1 Å². The lowest BCUT2D eigenvalue weighted by Gasteiger charge is -2.24. The van der Waals surface area contributed by atoms with Gasteiger partial charge in [0.1, 0.15) is 11.3 Å².